The summed E-state index contributed by atoms with van der Waals surface area (Å²) in [7, 11) is -9.02. The number of fused-ring (bicyclic) bond motifs is 1. The van der Waals surface area contributed by atoms with Crippen LogP contribution in [0.5, 0.6) is 0 Å². The van der Waals surface area contributed by atoms with E-state index in [1.54, 1.807) is 6.92 Å². The Kier molecular flexibility index (Phi) is 9.45. The fourth-order valence-electron chi connectivity index (χ4n) is 4.41. The van der Waals surface area contributed by atoms with E-state index in [9.17, 15) is 48.0 Å². The molecular weight excluding hydrogens is 668 g/mol. The number of halogens is 6. The number of benzene rings is 3. The molecule has 0 fully saturated rings. The second-order valence-electron chi connectivity index (χ2n) is 9.74. The second-order valence-corrected chi connectivity index (χ2v) is 13.0. The molecule has 0 amide bonds. The van der Waals surface area contributed by atoms with Gasteiger partial charge in [-0.2, -0.15) is 34.8 Å². The number of rotatable bonds is 10. The van der Waals surface area contributed by atoms with Crippen LogP contribution in [-0.2, 0) is 48.7 Å². The molecule has 0 aliphatic rings. The van der Waals surface area contributed by atoms with Gasteiger partial charge < -0.3 is 4.74 Å². The number of imidazole rings is 1. The Morgan fingerprint density at radius 2 is 1.54 bits per heavy atom. The maximum absolute atomic E-state index is 13.5. The van der Waals surface area contributed by atoms with Crippen LogP contribution in [0.2, 0.25) is 0 Å². The number of aromatic nitrogens is 2. The van der Waals surface area contributed by atoms with Crippen LogP contribution in [0.1, 0.15) is 29.4 Å². The molecule has 4 rings (SSSR count). The Balaban J connectivity index is 1.84. The number of nitrogens with one attached hydrogen (secondary N) is 1. The topological polar surface area (TPSA) is 154 Å². The first kappa shape index (κ1) is 34.7. The highest BCUT2D eigenvalue weighted by Crippen LogP contribution is 2.34. The van der Waals surface area contributed by atoms with E-state index in [0.29, 0.717) is 22.0 Å². The molecule has 0 saturated heterocycles. The molecule has 3 aromatic carbocycles. The molecule has 0 unspecified atom stereocenters. The molecule has 248 valence electrons. The minimum Gasteiger partial charge on any atom is -0.465 e. The number of anilines is 1. The Morgan fingerprint density at radius 1 is 0.935 bits per heavy atom. The van der Waals surface area contributed by atoms with Crippen molar-refractivity contribution in [2.45, 2.75) is 37.6 Å². The van der Waals surface area contributed by atoms with Crippen LogP contribution in [0.4, 0.5) is 32.0 Å². The summed E-state index contributed by atoms with van der Waals surface area (Å²) in [6.45, 7) is 1.55. The highest BCUT2D eigenvalue weighted by Gasteiger charge is 2.32. The van der Waals surface area contributed by atoms with Crippen LogP contribution < -0.4 is 14.2 Å². The van der Waals surface area contributed by atoms with Gasteiger partial charge in [-0.1, -0.05) is 6.07 Å². The van der Waals surface area contributed by atoms with E-state index in [-0.39, 0.29) is 34.8 Å². The summed E-state index contributed by atoms with van der Waals surface area (Å²) >= 11 is 0. The zero-order valence-corrected chi connectivity index (χ0v) is 25.5. The molecule has 1 aromatic heterocycles. The van der Waals surface area contributed by atoms with Gasteiger partial charge in [0.1, 0.15) is 12.4 Å². The average molecular weight is 694 g/mol. The third kappa shape index (κ3) is 7.60. The fraction of sp³-hybridized carbons (Fsp3) is 0.259. The number of sulfonamides is 1. The predicted octanol–water partition coefficient (Wildman–Crippen LogP) is 4.42. The van der Waals surface area contributed by atoms with E-state index in [2.05, 4.69) is 9.71 Å². The van der Waals surface area contributed by atoms with Crippen molar-refractivity contribution in [2.75, 3.05) is 17.5 Å². The first-order valence-corrected chi connectivity index (χ1v) is 16.0. The summed E-state index contributed by atoms with van der Waals surface area (Å²) in [5.41, 5.74) is -1.88. The van der Waals surface area contributed by atoms with Gasteiger partial charge in [0.25, 0.3) is 10.2 Å². The van der Waals surface area contributed by atoms with Gasteiger partial charge >= 0.3 is 18.3 Å². The van der Waals surface area contributed by atoms with Crippen LogP contribution in [0, 0.1) is 6.92 Å². The standard InChI is InChI=1S/C27H25F6N5O6S2/c1-3-44-25(39)15-37(46(34,42)43)19-8-4-16(2)23(13-19)38-22-11-7-18(27(31,32)33)12-21(22)36-24(38)14-35-45(40,41)20-9-5-17(6-10-20)26(28,29)30/h4-13,35H,3,14-15H2,1-2H3,(H2,34,42,43). The average Bonchev–Trinajstić information content (AvgIpc) is 3.32. The minimum atomic E-state index is -4.75. The van der Waals surface area contributed by atoms with Gasteiger partial charge in [0.05, 0.1) is 51.6 Å². The van der Waals surface area contributed by atoms with Crippen molar-refractivity contribution < 1.29 is 52.7 Å². The Morgan fingerprint density at radius 3 is 2.11 bits per heavy atom. The Labute approximate surface area is 258 Å². The van der Waals surface area contributed by atoms with Gasteiger partial charge in [-0.05, 0) is 74.0 Å². The summed E-state index contributed by atoms with van der Waals surface area (Å²) < 4.78 is 139. The lowest BCUT2D eigenvalue weighted by Crippen LogP contribution is -2.41. The van der Waals surface area contributed by atoms with Gasteiger partial charge in [-0.15, -0.1) is 0 Å². The first-order chi connectivity index (χ1) is 21.2. The normalized spacial score (nSPS) is 12.8. The van der Waals surface area contributed by atoms with Crippen LogP contribution >= 0.6 is 0 Å². The van der Waals surface area contributed by atoms with Gasteiger partial charge in [0.15, 0.2) is 0 Å². The molecule has 3 N–H and O–H groups in total. The molecule has 0 saturated carbocycles. The highest BCUT2D eigenvalue weighted by molar-refractivity contribution is 7.90. The monoisotopic (exact) mass is 693 g/mol. The molecule has 0 spiro atoms. The number of alkyl halides is 6. The lowest BCUT2D eigenvalue weighted by Gasteiger charge is -2.23. The smallest absolute Gasteiger partial charge is 0.416 e. The number of hydrogen-bond donors (Lipinski definition) is 2. The van der Waals surface area contributed by atoms with Gasteiger partial charge in [0.2, 0.25) is 10.0 Å². The van der Waals surface area contributed by atoms with Crippen molar-refractivity contribution in [1.82, 2.24) is 14.3 Å². The van der Waals surface area contributed by atoms with E-state index in [1.165, 1.54) is 29.7 Å². The molecule has 0 aliphatic carbocycles. The second kappa shape index (κ2) is 12.5. The first-order valence-electron chi connectivity index (χ1n) is 13.0. The van der Waals surface area contributed by atoms with Gasteiger partial charge in [-0.25, -0.2) is 27.6 Å². The van der Waals surface area contributed by atoms with Crippen LogP contribution in [0.15, 0.2) is 65.6 Å². The third-order valence-electron chi connectivity index (χ3n) is 6.57. The van der Waals surface area contributed by atoms with Gasteiger partial charge in [0, 0.05) is 0 Å². The molecule has 1 heterocycles. The van der Waals surface area contributed by atoms with Crippen LogP contribution in [0.25, 0.3) is 16.7 Å². The molecule has 0 radical (unpaired) electrons. The van der Waals surface area contributed by atoms with E-state index in [1.807, 2.05) is 0 Å². The minimum absolute atomic E-state index is 0.0525. The van der Waals surface area contributed by atoms with E-state index in [0.717, 1.165) is 30.3 Å². The highest BCUT2D eigenvalue weighted by atomic mass is 32.2. The Bertz CT molecular complexity index is 1990. The zero-order chi connectivity index (χ0) is 34.2. The largest absolute Gasteiger partial charge is 0.465 e. The SMILES string of the molecule is CCOC(=O)CN(c1ccc(C)c(-n2c(CNS(=O)(=O)c3ccc(C(F)(F)F)cc3)nc3cc(C(F)(F)F)ccc32)c1)S(N)(=O)=O. The number of nitrogens with zero attached hydrogens (tertiary/aromatic N) is 3. The van der Waals surface area contributed by atoms with E-state index < -0.39 is 67.7 Å². The van der Waals surface area contributed by atoms with Crippen molar-refractivity contribution in [3.8, 4) is 5.69 Å². The number of aryl methyl sites for hydroxylation is 1. The van der Waals surface area contributed by atoms with E-state index in [4.69, 9.17) is 9.88 Å². The van der Waals surface area contributed by atoms with E-state index >= 15 is 0 Å². The summed E-state index contributed by atoms with van der Waals surface area (Å²) in [6, 6.07) is 9.22. The predicted molar refractivity (Wildman–Crippen MR) is 153 cm³/mol. The van der Waals surface area contributed by atoms with Crippen molar-refractivity contribution in [1.29, 1.82) is 0 Å². The number of ether oxygens (including phenoxy) is 1. The summed E-state index contributed by atoms with van der Waals surface area (Å²) in [5.74, 6) is -1.10. The molecule has 46 heavy (non-hydrogen) atoms. The van der Waals surface area contributed by atoms with Crippen LogP contribution in [0.3, 0.4) is 0 Å². The summed E-state index contributed by atoms with van der Waals surface area (Å²) in [5, 5.41) is 5.35. The molecular formula is C27H25F6N5O6S2. The zero-order valence-electron chi connectivity index (χ0n) is 23.8. The molecule has 19 heteroatoms. The number of nitrogens with two attached hydrogens (primary N) is 1. The molecule has 0 bridgehead atoms. The molecule has 11 nitrogen and oxygen atoms in total. The van der Waals surface area contributed by atoms with Crippen molar-refractivity contribution in [2.24, 2.45) is 5.14 Å². The summed E-state index contributed by atoms with van der Waals surface area (Å²) in [6.07, 6.45) is -9.46. The Hall–Kier alpha value is -4.20. The lowest BCUT2D eigenvalue weighted by atomic mass is 10.1. The lowest BCUT2D eigenvalue weighted by molar-refractivity contribution is -0.141. The third-order valence-corrected chi connectivity index (χ3v) is 8.94. The summed E-state index contributed by atoms with van der Waals surface area (Å²) in [4.78, 5) is 15.8. The molecule has 4 aromatic rings. The van der Waals surface area contributed by atoms with Crippen molar-refractivity contribution in [3.05, 3.63) is 83.2 Å². The maximum atomic E-state index is 13.5. The van der Waals surface area contributed by atoms with Crippen molar-refractivity contribution >= 4 is 42.9 Å². The molecule has 0 aliphatic heterocycles. The number of esters is 1. The van der Waals surface area contributed by atoms with Gasteiger partial charge in [-0.3, -0.25) is 9.36 Å². The van der Waals surface area contributed by atoms with Crippen molar-refractivity contribution in [3.63, 3.8) is 0 Å². The maximum Gasteiger partial charge on any atom is 0.416 e. The number of carbonyl (C=O) groups is 1. The van der Waals surface area contributed by atoms with Crippen LogP contribution in [-0.4, -0.2) is 45.5 Å². The fourth-order valence-corrected chi connectivity index (χ4v) is 6.08. The molecule has 0 atom stereocenters. The number of carbonyl (C=O) groups excluding carboxylic acids is 1. The number of hydrogen-bond acceptors (Lipinski definition) is 7. The quantitative estimate of drug-likeness (QED) is 0.184.